The molecular formula is C20H24N2O5. The van der Waals surface area contributed by atoms with Crippen molar-refractivity contribution in [1.82, 2.24) is 10.3 Å². The first-order valence-electron chi connectivity index (χ1n) is 9.17. The number of aryl methyl sites for hydroxylation is 1. The predicted molar refractivity (Wildman–Crippen MR) is 98.1 cm³/mol. The summed E-state index contributed by atoms with van der Waals surface area (Å²) in [5.74, 6) is 0.240. The number of carbonyl (C=O) groups excluding carboxylic acids is 1. The van der Waals surface area contributed by atoms with Gasteiger partial charge < -0.3 is 19.6 Å². The van der Waals surface area contributed by atoms with E-state index in [2.05, 4.69) is 10.3 Å². The summed E-state index contributed by atoms with van der Waals surface area (Å²) in [5, 5.41) is 12.1. The molecule has 1 amide bonds. The molecule has 0 atom stereocenters. The Hall–Kier alpha value is -2.67. The third-order valence-electron chi connectivity index (χ3n) is 4.75. The van der Waals surface area contributed by atoms with E-state index in [0.717, 1.165) is 5.56 Å². The van der Waals surface area contributed by atoms with E-state index in [9.17, 15) is 9.59 Å². The van der Waals surface area contributed by atoms with Crippen molar-refractivity contribution >= 4 is 11.9 Å². The van der Waals surface area contributed by atoms with E-state index in [0.29, 0.717) is 57.0 Å². The Morgan fingerprint density at radius 2 is 1.93 bits per heavy atom. The first-order chi connectivity index (χ1) is 13.1. The molecule has 0 aliphatic carbocycles. The lowest BCUT2D eigenvalue weighted by molar-refractivity contribution is -0.140. The molecule has 2 aromatic rings. The molecule has 144 valence electrons. The molecule has 0 unspecified atom stereocenters. The van der Waals surface area contributed by atoms with E-state index in [1.807, 2.05) is 30.3 Å². The van der Waals surface area contributed by atoms with Crippen molar-refractivity contribution in [3.05, 3.63) is 42.4 Å². The van der Waals surface area contributed by atoms with Gasteiger partial charge in [-0.1, -0.05) is 30.3 Å². The largest absolute Gasteiger partial charge is 0.481 e. The van der Waals surface area contributed by atoms with E-state index >= 15 is 0 Å². The predicted octanol–water partition coefficient (Wildman–Crippen LogP) is 2.80. The minimum Gasteiger partial charge on any atom is -0.481 e. The number of carboxylic acid groups (broad SMARTS) is 1. The number of benzene rings is 1. The van der Waals surface area contributed by atoms with E-state index in [-0.39, 0.29) is 12.3 Å². The number of hydrogen-bond acceptors (Lipinski definition) is 5. The van der Waals surface area contributed by atoms with E-state index in [4.69, 9.17) is 14.3 Å². The number of rotatable bonds is 8. The monoisotopic (exact) mass is 372 g/mol. The van der Waals surface area contributed by atoms with Crippen molar-refractivity contribution in [2.24, 2.45) is 0 Å². The van der Waals surface area contributed by atoms with Gasteiger partial charge in [0, 0.05) is 31.6 Å². The van der Waals surface area contributed by atoms with Crippen molar-refractivity contribution in [1.29, 1.82) is 0 Å². The molecule has 7 nitrogen and oxygen atoms in total. The lowest BCUT2D eigenvalue weighted by atomic mass is 9.86. The Morgan fingerprint density at radius 1 is 1.19 bits per heavy atom. The molecule has 1 aliphatic heterocycles. The number of aromatic nitrogens is 1. The van der Waals surface area contributed by atoms with Crippen LogP contribution in [0.1, 0.15) is 38.0 Å². The summed E-state index contributed by atoms with van der Waals surface area (Å²) in [4.78, 5) is 27.7. The number of hydrogen-bond donors (Lipinski definition) is 2. The topological polar surface area (TPSA) is 102 Å². The van der Waals surface area contributed by atoms with Crippen LogP contribution in [0, 0.1) is 0 Å². The SMILES string of the molecule is O=C(O)CC1(NC(=O)CCCc2ncc(-c3ccccc3)o2)CCOCC1. The van der Waals surface area contributed by atoms with Crippen molar-refractivity contribution in [2.75, 3.05) is 13.2 Å². The van der Waals surface area contributed by atoms with Crippen molar-refractivity contribution in [3.63, 3.8) is 0 Å². The van der Waals surface area contributed by atoms with Crippen LogP contribution in [-0.4, -0.2) is 40.7 Å². The van der Waals surface area contributed by atoms with E-state index in [1.54, 1.807) is 6.20 Å². The summed E-state index contributed by atoms with van der Waals surface area (Å²) in [6, 6.07) is 9.71. The summed E-state index contributed by atoms with van der Waals surface area (Å²) in [7, 11) is 0. The molecule has 1 fully saturated rings. The highest BCUT2D eigenvalue weighted by Gasteiger charge is 2.36. The van der Waals surface area contributed by atoms with Crippen LogP contribution in [0.2, 0.25) is 0 Å². The molecule has 1 saturated heterocycles. The fourth-order valence-corrected chi connectivity index (χ4v) is 3.32. The normalized spacial score (nSPS) is 16.0. The summed E-state index contributed by atoms with van der Waals surface area (Å²) >= 11 is 0. The number of amides is 1. The highest BCUT2D eigenvalue weighted by Crippen LogP contribution is 2.25. The van der Waals surface area contributed by atoms with Gasteiger partial charge in [-0.05, 0) is 19.3 Å². The molecule has 0 bridgehead atoms. The van der Waals surface area contributed by atoms with Crippen LogP contribution in [0.25, 0.3) is 11.3 Å². The van der Waals surface area contributed by atoms with E-state index < -0.39 is 11.5 Å². The summed E-state index contributed by atoms with van der Waals surface area (Å²) in [6.07, 6.45) is 4.08. The number of carbonyl (C=O) groups is 2. The van der Waals surface area contributed by atoms with Gasteiger partial charge in [-0.2, -0.15) is 0 Å². The third-order valence-corrected chi connectivity index (χ3v) is 4.75. The van der Waals surface area contributed by atoms with Crippen LogP contribution in [0.3, 0.4) is 0 Å². The van der Waals surface area contributed by atoms with Crippen molar-refractivity contribution in [2.45, 2.75) is 44.1 Å². The van der Waals surface area contributed by atoms with Gasteiger partial charge in [-0.25, -0.2) is 4.98 Å². The molecule has 1 aliphatic rings. The lowest BCUT2D eigenvalue weighted by Gasteiger charge is -2.36. The maximum atomic E-state index is 12.3. The molecule has 2 heterocycles. The van der Waals surface area contributed by atoms with Crippen LogP contribution in [0.5, 0.6) is 0 Å². The Balaban J connectivity index is 1.49. The second kappa shape index (κ2) is 8.81. The highest BCUT2D eigenvalue weighted by atomic mass is 16.5. The van der Waals surface area contributed by atoms with Gasteiger partial charge >= 0.3 is 5.97 Å². The quantitative estimate of drug-likeness (QED) is 0.739. The molecule has 1 aromatic carbocycles. The average molecular weight is 372 g/mol. The maximum Gasteiger partial charge on any atom is 0.305 e. The number of ether oxygens (including phenoxy) is 1. The van der Waals surface area contributed by atoms with Crippen molar-refractivity contribution in [3.8, 4) is 11.3 Å². The molecule has 0 spiro atoms. The standard InChI is InChI=1S/C20H24N2O5/c23-17(22-20(13-19(24)25)9-11-26-12-10-20)7-4-8-18-21-14-16(27-18)15-5-2-1-3-6-15/h1-3,5-6,14H,4,7-13H2,(H,22,23)(H,24,25). The zero-order valence-electron chi connectivity index (χ0n) is 15.1. The number of oxazole rings is 1. The second-order valence-corrected chi connectivity index (χ2v) is 6.85. The maximum absolute atomic E-state index is 12.3. The van der Waals surface area contributed by atoms with Crippen LogP contribution >= 0.6 is 0 Å². The fourth-order valence-electron chi connectivity index (χ4n) is 3.32. The molecule has 7 heteroatoms. The molecule has 0 saturated carbocycles. The number of nitrogens with zero attached hydrogens (tertiary/aromatic N) is 1. The molecule has 27 heavy (non-hydrogen) atoms. The zero-order chi connectivity index (χ0) is 19.1. The summed E-state index contributed by atoms with van der Waals surface area (Å²) in [6.45, 7) is 0.929. The number of aliphatic carboxylic acids is 1. The Morgan fingerprint density at radius 3 is 2.63 bits per heavy atom. The smallest absolute Gasteiger partial charge is 0.305 e. The number of carboxylic acids is 1. The minimum absolute atomic E-state index is 0.0811. The molecule has 2 N–H and O–H groups in total. The first-order valence-corrected chi connectivity index (χ1v) is 9.17. The molecule has 0 radical (unpaired) electrons. The second-order valence-electron chi connectivity index (χ2n) is 6.85. The Labute approximate surface area is 157 Å². The third kappa shape index (κ3) is 5.40. The van der Waals surface area contributed by atoms with E-state index in [1.165, 1.54) is 0 Å². The Kier molecular flexibility index (Phi) is 6.24. The first kappa shape index (κ1) is 19.1. The zero-order valence-corrected chi connectivity index (χ0v) is 15.1. The van der Waals surface area contributed by atoms with Gasteiger partial charge in [-0.15, -0.1) is 0 Å². The average Bonchev–Trinajstić information content (AvgIpc) is 3.11. The van der Waals surface area contributed by atoms with Gasteiger partial charge in [0.25, 0.3) is 0 Å². The lowest BCUT2D eigenvalue weighted by Crippen LogP contribution is -2.53. The van der Waals surface area contributed by atoms with Crippen LogP contribution in [-0.2, 0) is 20.7 Å². The Bertz CT molecular complexity index is 766. The van der Waals surface area contributed by atoms with Gasteiger partial charge in [0.15, 0.2) is 11.7 Å². The molecular weight excluding hydrogens is 348 g/mol. The minimum atomic E-state index is -0.912. The molecule has 3 rings (SSSR count). The van der Waals surface area contributed by atoms with Crippen LogP contribution < -0.4 is 5.32 Å². The van der Waals surface area contributed by atoms with Gasteiger partial charge in [0.1, 0.15) is 0 Å². The molecule has 1 aromatic heterocycles. The van der Waals surface area contributed by atoms with Gasteiger partial charge in [0.2, 0.25) is 5.91 Å². The fraction of sp³-hybridized carbons (Fsp3) is 0.450. The highest BCUT2D eigenvalue weighted by molar-refractivity contribution is 5.78. The summed E-state index contributed by atoms with van der Waals surface area (Å²) < 4.78 is 11.0. The summed E-state index contributed by atoms with van der Waals surface area (Å²) in [5.41, 5.74) is 0.258. The van der Waals surface area contributed by atoms with Crippen LogP contribution in [0.4, 0.5) is 0 Å². The van der Waals surface area contributed by atoms with Gasteiger partial charge in [-0.3, -0.25) is 9.59 Å². The number of nitrogens with one attached hydrogen (secondary N) is 1. The van der Waals surface area contributed by atoms with Gasteiger partial charge in [0.05, 0.1) is 18.2 Å². The van der Waals surface area contributed by atoms with Crippen LogP contribution in [0.15, 0.2) is 40.9 Å². The van der Waals surface area contributed by atoms with Crippen molar-refractivity contribution < 1.29 is 23.8 Å².